The van der Waals surface area contributed by atoms with Crippen LogP contribution in [0.15, 0.2) is 89.4 Å². The maximum absolute atomic E-state index is 6.19. The van der Waals surface area contributed by atoms with E-state index in [0.717, 1.165) is 43.1 Å². The van der Waals surface area contributed by atoms with Crippen LogP contribution in [0.5, 0.6) is 17.4 Å². The molecule has 1 aromatic heterocycles. The van der Waals surface area contributed by atoms with Crippen LogP contribution in [0.3, 0.4) is 0 Å². The molecule has 0 atom stereocenters. The summed E-state index contributed by atoms with van der Waals surface area (Å²) in [6.45, 7) is 0.356. The summed E-state index contributed by atoms with van der Waals surface area (Å²) in [4.78, 5) is 0. The van der Waals surface area contributed by atoms with Crippen LogP contribution < -0.4 is 14.2 Å². The predicted octanol–water partition coefficient (Wildman–Crippen LogP) is 7.05. The van der Waals surface area contributed by atoms with Crippen molar-refractivity contribution in [3.05, 3.63) is 95.0 Å². The number of methoxy groups -OCH3 is 2. The minimum atomic E-state index is 0.356. The van der Waals surface area contributed by atoms with Gasteiger partial charge in [0.25, 0.3) is 0 Å². The van der Waals surface area contributed by atoms with Crippen molar-refractivity contribution in [2.24, 2.45) is 0 Å². The number of ether oxygens (including phenoxy) is 3. The van der Waals surface area contributed by atoms with Crippen molar-refractivity contribution in [1.82, 2.24) is 9.78 Å². The average Bonchev–Trinajstić information content (AvgIpc) is 3.25. The Morgan fingerprint density at radius 3 is 2.15 bits per heavy atom. The van der Waals surface area contributed by atoms with Gasteiger partial charge in [0.05, 0.1) is 19.9 Å². The molecule has 0 aliphatic heterocycles. The fourth-order valence-corrected chi connectivity index (χ4v) is 4.38. The second kappa shape index (κ2) is 9.61. The van der Waals surface area contributed by atoms with Crippen molar-refractivity contribution in [3.63, 3.8) is 0 Å². The molecule has 170 valence electrons. The zero-order valence-electron chi connectivity index (χ0n) is 18.9. The molecule has 4 aromatic carbocycles. The number of hydrogen-bond acceptors (Lipinski definition) is 4. The van der Waals surface area contributed by atoms with E-state index < -0.39 is 0 Å². The molecule has 0 fully saturated rings. The van der Waals surface area contributed by atoms with Gasteiger partial charge in [-0.05, 0) is 35.9 Å². The fraction of sp³-hybridized carbons (Fsp3) is 0.107. The van der Waals surface area contributed by atoms with E-state index in [1.54, 1.807) is 14.2 Å². The number of fused-ring (bicyclic) bond motifs is 2. The largest absolute Gasteiger partial charge is 0.495 e. The predicted molar refractivity (Wildman–Crippen MR) is 140 cm³/mol. The normalized spacial score (nSPS) is 11.4. The van der Waals surface area contributed by atoms with Gasteiger partial charge in [-0.1, -0.05) is 76.6 Å². The van der Waals surface area contributed by atoms with E-state index >= 15 is 0 Å². The Labute approximate surface area is 206 Å². The zero-order valence-corrected chi connectivity index (χ0v) is 20.5. The van der Waals surface area contributed by atoms with Crippen molar-refractivity contribution >= 4 is 43.7 Å². The third-order valence-corrected chi connectivity index (χ3v) is 6.15. The Hall–Kier alpha value is -3.77. The van der Waals surface area contributed by atoms with Gasteiger partial charge in [0.2, 0.25) is 5.88 Å². The third kappa shape index (κ3) is 4.01. The minimum Gasteiger partial charge on any atom is -0.495 e. The highest BCUT2D eigenvalue weighted by Gasteiger charge is 2.25. The van der Waals surface area contributed by atoms with Crippen molar-refractivity contribution in [1.29, 1.82) is 0 Å². The Kier molecular flexibility index (Phi) is 6.23. The van der Waals surface area contributed by atoms with Crippen molar-refractivity contribution in [3.8, 4) is 23.1 Å². The lowest BCUT2D eigenvalue weighted by molar-refractivity contribution is 0.348. The van der Waals surface area contributed by atoms with E-state index in [-0.39, 0.29) is 0 Å². The third-order valence-electron chi connectivity index (χ3n) is 5.62. The average molecular weight is 515 g/mol. The summed E-state index contributed by atoms with van der Waals surface area (Å²) in [5.41, 5.74) is 2.80. The fourth-order valence-electron chi connectivity index (χ4n) is 4.11. The highest BCUT2D eigenvalue weighted by atomic mass is 79.9. The van der Waals surface area contributed by atoms with E-state index in [1.165, 1.54) is 0 Å². The molecule has 5 aromatic rings. The summed E-state index contributed by atoms with van der Waals surface area (Å²) in [7, 11) is 3.35. The summed E-state index contributed by atoms with van der Waals surface area (Å²) >= 11 is 3.46. The van der Waals surface area contributed by atoms with Gasteiger partial charge < -0.3 is 14.2 Å². The van der Waals surface area contributed by atoms with Crippen LogP contribution in [0.25, 0.3) is 33.4 Å². The highest BCUT2D eigenvalue weighted by molar-refractivity contribution is 9.10. The second-order valence-electron chi connectivity index (χ2n) is 7.65. The van der Waals surface area contributed by atoms with Gasteiger partial charge in [-0.3, -0.25) is 0 Å². The first-order valence-corrected chi connectivity index (χ1v) is 11.7. The Balaban J connectivity index is 1.65. The molecule has 1 heterocycles. The molecule has 0 saturated heterocycles. The SMILES string of the molecule is COc1c2ccccc2c(OC)c2c1c(OC/C=C/c1ccc(Br)cc1)nn2-c1ccccc1. The molecule has 0 aliphatic rings. The van der Waals surface area contributed by atoms with E-state index in [1.807, 2.05) is 95.7 Å². The van der Waals surface area contributed by atoms with Crippen LogP contribution in [0.4, 0.5) is 0 Å². The van der Waals surface area contributed by atoms with E-state index in [0.29, 0.717) is 18.2 Å². The molecule has 0 saturated carbocycles. The molecule has 0 spiro atoms. The maximum Gasteiger partial charge on any atom is 0.245 e. The molecule has 0 amide bonds. The Bertz CT molecular complexity index is 1480. The minimum absolute atomic E-state index is 0.356. The number of nitrogens with zero attached hydrogens (tertiary/aromatic N) is 2. The van der Waals surface area contributed by atoms with Gasteiger partial charge in [-0.2, -0.15) is 0 Å². The van der Waals surface area contributed by atoms with Gasteiger partial charge >= 0.3 is 0 Å². The maximum atomic E-state index is 6.19. The quantitative estimate of drug-likeness (QED) is 0.233. The van der Waals surface area contributed by atoms with Crippen molar-refractivity contribution in [2.45, 2.75) is 0 Å². The van der Waals surface area contributed by atoms with E-state index in [4.69, 9.17) is 19.3 Å². The molecule has 0 N–H and O–H groups in total. The Morgan fingerprint density at radius 1 is 0.824 bits per heavy atom. The number of benzene rings is 4. The topological polar surface area (TPSA) is 45.5 Å². The van der Waals surface area contributed by atoms with Crippen LogP contribution in [0, 0.1) is 0 Å². The molecule has 5 nitrogen and oxygen atoms in total. The highest BCUT2D eigenvalue weighted by Crippen LogP contribution is 2.46. The lowest BCUT2D eigenvalue weighted by Gasteiger charge is -2.14. The molecular formula is C28H23BrN2O3. The second-order valence-corrected chi connectivity index (χ2v) is 8.57. The molecule has 0 radical (unpaired) electrons. The molecule has 0 aliphatic carbocycles. The molecular weight excluding hydrogens is 492 g/mol. The molecule has 6 heteroatoms. The molecule has 0 unspecified atom stereocenters. The number of hydrogen-bond donors (Lipinski definition) is 0. The summed E-state index contributed by atoms with van der Waals surface area (Å²) in [5, 5.41) is 7.52. The monoisotopic (exact) mass is 514 g/mol. The summed E-state index contributed by atoms with van der Waals surface area (Å²) in [6, 6.07) is 26.1. The Morgan fingerprint density at radius 2 is 1.47 bits per heavy atom. The van der Waals surface area contributed by atoms with Gasteiger partial charge in [0, 0.05) is 15.2 Å². The number of rotatable bonds is 7. The van der Waals surface area contributed by atoms with Crippen LogP contribution in [-0.4, -0.2) is 30.6 Å². The number of para-hydroxylation sites is 1. The summed E-state index contributed by atoms with van der Waals surface area (Å²) in [5.74, 6) is 1.92. The van der Waals surface area contributed by atoms with Gasteiger partial charge in [0.1, 0.15) is 23.3 Å². The van der Waals surface area contributed by atoms with Gasteiger partial charge in [0.15, 0.2) is 5.75 Å². The molecule has 34 heavy (non-hydrogen) atoms. The van der Waals surface area contributed by atoms with E-state index in [2.05, 4.69) is 15.9 Å². The molecule has 5 rings (SSSR count). The first-order valence-electron chi connectivity index (χ1n) is 10.9. The molecule has 0 bridgehead atoms. The van der Waals surface area contributed by atoms with Crippen LogP contribution in [-0.2, 0) is 0 Å². The lowest BCUT2D eigenvalue weighted by Crippen LogP contribution is -1.99. The summed E-state index contributed by atoms with van der Waals surface area (Å²) in [6.07, 6.45) is 4.00. The lowest BCUT2D eigenvalue weighted by atomic mass is 10.0. The first kappa shape index (κ1) is 22.0. The van der Waals surface area contributed by atoms with Crippen LogP contribution in [0.1, 0.15) is 5.56 Å². The van der Waals surface area contributed by atoms with Crippen molar-refractivity contribution in [2.75, 3.05) is 20.8 Å². The van der Waals surface area contributed by atoms with Gasteiger partial charge in [-0.15, -0.1) is 5.10 Å². The van der Waals surface area contributed by atoms with Crippen molar-refractivity contribution < 1.29 is 14.2 Å². The van der Waals surface area contributed by atoms with E-state index in [9.17, 15) is 0 Å². The van der Waals surface area contributed by atoms with Gasteiger partial charge in [-0.25, -0.2) is 4.68 Å². The standard InChI is InChI=1S/C28H23BrN2O3/c1-32-26-22-12-6-7-13-23(22)27(33-2)25-24(26)28(30-31(25)21-10-4-3-5-11-21)34-18-8-9-19-14-16-20(29)17-15-19/h3-17H,18H2,1-2H3/b9-8+. The summed E-state index contributed by atoms with van der Waals surface area (Å²) < 4.78 is 20.9. The van der Waals surface area contributed by atoms with Crippen LogP contribution >= 0.6 is 15.9 Å². The first-order chi connectivity index (χ1) is 16.7. The zero-order chi connectivity index (χ0) is 23.5. The number of halogens is 1. The number of aromatic nitrogens is 2. The van der Waals surface area contributed by atoms with Crippen LogP contribution in [0.2, 0.25) is 0 Å². The smallest absolute Gasteiger partial charge is 0.245 e.